The maximum atomic E-state index is 12.4. The van der Waals surface area contributed by atoms with Crippen LogP contribution in [0.3, 0.4) is 0 Å². The highest BCUT2D eigenvalue weighted by Crippen LogP contribution is 2.33. The Morgan fingerprint density at radius 1 is 1.17 bits per heavy atom. The van der Waals surface area contributed by atoms with Crippen LogP contribution in [0.2, 0.25) is 0 Å². The van der Waals surface area contributed by atoms with Crippen LogP contribution in [0.4, 0.5) is 0 Å². The fourth-order valence-corrected chi connectivity index (χ4v) is 3.94. The van der Waals surface area contributed by atoms with E-state index in [9.17, 15) is 4.79 Å². The van der Waals surface area contributed by atoms with E-state index in [2.05, 4.69) is 15.5 Å². The maximum Gasteiger partial charge on any atom is 0.230 e. The average molecular weight is 426 g/mol. The zero-order chi connectivity index (χ0) is 20.9. The number of rotatable bonds is 7. The van der Waals surface area contributed by atoms with E-state index in [0.717, 1.165) is 22.8 Å². The van der Waals surface area contributed by atoms with Gasteiger partial charge in [-0.15, -0.1) is 10.2 Å². The highest BCUT2D eigenvalue weighted by atomic mass is 32.2. The van der Waals surface area contributed by atoms with Gasteiger partial charge in [0.15, 0.2) is 16.7 Å². The van der Waals surface area contributed by atoms with Gasteiger partial charge in [0.1, 0.15) is 24.8 Å². The number of methoxy groups -OCH3 is 1. The number of carbonyl (C=O) groups excluding carboxylic acids is 1. The fourth-order valence-electron chi connectivity index (χ4n) is 3.11. The van der Waals surface area contributed by atoms with Gasteiger partial charge in [0.05, 0.1) is 12.9 Å². The van der Waals surface area contributed by atoms with Crippen molar-refractivity contribution in [1.29, 1.82) is 0 Å². The number of carbonyl (C=O) groups is 1. The third kappa shape index (κ3) is 4.35. The summed E-state index contributed by atoms with van der Waals surface area (Å²) in [4.78, 5) is 12.4. The maximum absolute atomic E-state index is 12.4. The van der Waals surface area contributed by atoms with E-state index in [4.69, 9.17) is 14.2 Å². The van der Waals surface area contributed by atoms with Crippen LogP contribution >= 0.6 is 11.8 Å². The number of ether oxygens (including phenoxy) is 3. The van der Waals surface area contributed by atoms with Crippen LogP contribution in [-0.4, -0.2) is 46.7 Å². The molecule has 0 atom stereocenters. The van der Waals surface area contributed by atoms with E-state index in [1.807, 2.05) is 54.0 Å². The molecule has 0 spiro atoms. The lowest BCUT2D eigenvalue weighted by Crippen LogP contribution is -2.26. The number of hydrogen-bond acceptors (Lipinski definition) is 7. The van der Waals surface area contributed by atoms with Crippen molar-refractivity contribution in [3.63, 3.8) is 0 Å². The summed E-state index contributed by atoms with van der Waals surface area (Å²) in [7, 11) is 1.63. The van der Waals surface area contributed by atoms with Gasteiger partial charge in [-0.05, 0) is 37.3 Å². The summed E-state index contributed by atoms with van der Waals surface area (Å²) in [6.45, 7) is 3.29. The number of benzene rings is 2. The lowest BCUT2D eigenvalue weighted by Gasteiger charge is -2.21. The van der Waals surface area contributed by atoms with Crippen LogP contribution in [0.25, 0.3) is 5.69 Å². The van der Waals surface area contributed by atoms with E-state index < -0.39 is 0 Å². The zero-order valence-corrected chi connectivity index (χ0v) is 17.6. The van der Waals surface area contributed by atoms with Gasteiger partial charge in [0.25, 0.3) is 0 Å². The van der Waals surface area contributed by atoms with E-state index >= 15 is 0 Å². The molecule has 0 saturated carbocycles. The van der Waals surface area contributed by atoms with E-state index in [1.165, 1.54) is 11.8 Å². The van der Waals surface area contributed by atoms with Crippen molar-refractivity contribution in [2.24, 2.45) is 0 Å². The Hall–Kier alpha value is -3.20. The third-order valence-corrected chi connectivity index (χ3v) is 5.51. The first-order valence-corrected chi connectivity index (χ1v) is 10.5. The molecule has 8 nitrogen and oxygen atoms in total. The Balaban J connectivity index is 1.38. The highest BCUT2D eigenvalue weighted by Gasteiger charge is 2.17. The molecule has 1 aromatic heterocycles. The summed E-state index contributed by atoms with van der Waals surface area (Å²) in [6, 6.07) is 13.3. The molecule has 0 saturated heterocycles. The number of nitrogens with one attached hydrogen (secondary N) is 1. The molecular weight excluding hydrogens is 404 g/mol. The van der Waals surface area contributed by atoms with Crippen molar-refractivity contribution in [2.45, 2.75) is 18.6 Å². The molecule has 30 heavy (non-hydrogen) atoms. The second kappa shape index (κ2) is 9.08. The Morgan fingerprint density at radius 2 is 1.97 bits per heavy atom. The van der Waals surface area contributed by atoms with Gasteiger partial charge in [-0.1, -0.05) is 23.9 Å². The first kappa shape index (κ1) is 20.1. The minimum Gasteiger partial charge on any atom is -0.497 e. The molecule has 3 aromatic rings. The van der Waals surface area contributed by atoms with Gasteiger partial charge in [-0.3, -0.25) is 9.36 Å². The number of hydrogen-bond donors (Lipinski definition) is 1. The number of aryl methyl sites for hydroxylation is 1. The average Bonchev–Trinajstić information content (AvgIpc) is 3.16. The molecule has 2 aromatic carbocycles. The predicted octanol–water partition coefficient (Wildman–Crippen LogP) is 2.76. The lowest BCUT2D eigenvalue weighted by molar-refractivity contribution is -0.118. The lowest BCUT2D eigenvalue weighted by atomic mass is 10.1. The van der Waals surface area contributed by atoms with Gasteiger partial charge >= 0.3 is 0 Å². The summed E-state index contributed by atoms with van der Waals surface area (Å²) >= 11 is 1.33. The zero-order valence-electron chi connectivity index (χ0n) is 16.8. The van der Waals surface area contributed by atoms with Gasteiger partial charge in [0, 0.05) is 17.8 Å². The number of aromatic nitrogens is 3. The molecule has 9 heteroatoms. The predicted molar refractivity (Wildman–Crippen MR) is 113 cm³/mol. The minimum absolute atomic E-state index is 0.101. The quantitative estimate of drug-likeness (QED) is 0.581. The standard InChI is InChI=1S/C21H22N4O4S/c1-14-23-24-21(25(14)16-6-8-17(27-2)9-7-16)30-13-19(26)22-12-15-4-3-5-18-20(15)29-11-10-28-18/h3-9H,10-13H2,1-2H3,(H,22,26). The molecule has 0 bridgehead atoms. The van der Waals surface area contributed by atoms with E-state index in [-0.39, 0.29) is 11.7 Å². The number of nitrogens with zero attached hydrogens (tertiary/aromatic N) is 3. The molecule has 2 heterocycles. The summed E-state index contributed by atoms with van der Waals surface area (Å²) in [5.74, 6) is 3.06. The second-order valence-corrected chi connectivity index (χ2v) is 7.51. The summed E-state index contributed by atoms with van der Waals surface area (Å²) in [5, 5.41) is 12.0. The van der Waals surface area contributed by atoms with Crippen molar-refractivity contribution in [3.05, 3.63) is 53.9 Å². The van der Waals surface area contributed by atoms with E-state index in [0.29, 0.717) is 36.4 Å². The minimum atomic E-state index is -0.101. The Labute approximate surface area is 178 Å². The number of thioether (sulfide) groups is 1. The van der Waals surface area contributed by atoms with Gasteiger partial charge in [-0.25, -0.2) is 0 Å². The third-order valence-electron chi connectivity index (χ3n) is 4.58. The van der Waals surface area contributed by atoms with Crippen molar-refractivity contribution < 1.29 is 19.0 Å². The van der Waals surface area contributed by atoms with Crippen LogP contribution in [-0.2, 0) is 11.3 Å². The van der Waals surface area contributed by atoms with Gasteiger partial charge in [0.2, 0.25) is 5.91 Å². The molecule has 0 aliphatic carbocycles. The number of amides is 1. The van der Waals surface area contributed by atoms with Gasteiger partial charge < -0.3 is 19.5 Å². The number of para-hydroxylation sites is 1. The topological polar surface area (TPSA) is 87.5 Å². The Morgan fingerprint density at radius 3 is 2.77 bits per heavy atom. The first-order chi connectivity index (χ1) is 14.7. The van der Waals surface area contributed by atoms with Crippen LogP contribution in [0.15, 0.2) is 47.6 Å². The fraction of sp³-hybridized carbons (Fsp3) is 0.286. The Kier molecular flexibility index (Phi) is 6.08. The van der Waals surface area contributed by atoms with Crippen molar-refractivity contribution in [3.8, 4) is 22.9 Å². The van der Waals surface area contributed by atoms with E-state index in [1.54, 1.807) is 7.11 Å². The van der Waals surface area contributed by atoms with Crippen LogP contribution in [0.5, 0.6) is 17.2 Å². The summed E-state index contributed by atoms with van der Waals surface area (Å²) in [6.07, 6.45) is 0. The molecule has 4 rings (SSSR count). The van der Waals surface area contributed by atoms with Crippen molar-refractivity contribution in [2.75, 3.05) is 26.1 Å². The normalized spacial score (nSPS) is 12.5. The molecule has 1 amide bonds. The van der Waals surface area contributed by atoms with Crippen molar-refractivity contribution in [1.82, 2.24) is 20.1 Å². The molecule has 156 valence electrons. The van der Waals surface area contributed by atoms with Gasteiger partial charge in [-0.2, -0.15) is 0 Å². The van der Waals surface area contributed by atoms with Crippen LogP contribution in [0.1, 0.15) is 11.4 Å². The molecule has 0 unspecified atom stereocenters. The summed E-state index contributed by atoms with van der Waals surface area (Å²) < 4.78 is 18.4. The first-order valence-electron chi connectivity index (χ1n) is 9.49. The molecule has 0 fully saturated rings. The van der Waals surface area contributed by atoms with Crippen LogP contribution < -0.4 is 19.5 Å². The Bertz CT molecular complexity index is 1040. The smallest absolute Gasteiger partial charge is 0.230 e. The van der Waals surface area contributed by atoms with Crippen LogP contribution in [0, 0.1) is 6.92 Å². The largest absolute Gasteiger partial charge is 0.497 e. The van der Waals surface area contributed by atoms with Crippen molar-refractivity contribution >= 4 is 17.7 Å². The summed E-state index contributed by atoms with van der Waals surface area (Å²) in [5.41, 5.74) is 1.80. The highest BCUT2D eigenvalue weighted by molar-refractivity contribution is 7.99. The SMILES string of the molecule is COc1ccc(-n2c(C)nnc2SCC(=O)NCc2cccc3c2OCCO3)cc1. The molecule has 1 aliphatic rings. The molecular formula is C21H22N4O4S. The number of fused-ring (bicyclic) bond motifs is 1. The second-order valence-electron chi connectivity index (χ2n) is 6.57. The monoisotopic (exact) mass is 426 g/mol. The molecule has 0 radical (unpaired) electrons. The molecule has 1 N–H and O–H groups in total. The molecule has 1 aliphatic heterocycles.